The van der Waals surface area contributed by atoms with Crippen molar-refractivity contribution in [3.8, 4) is 0 Å². The van der Waals surface area contributed by atoms with E-state index in [1.807, 2.05) is 0 Å². The highest BCUT2D eigenvalue weighted by atomic mass is 79.9. The maximum absolute atomic E-state index is 12.7. The van der Waals surface area contributed by atoms with Crippen LogP contribution in [0, 0.1) is 5.92 Å². The molecular weight excluding hydrogens is 652 g/mol. The van der Waals surface area contributed by atoms with Gasteiger partial charge in [0.15, 0.2) is 6.20 Å². The van der Waals surface area contributed by atoms with Crippen LogP contribution in [0.25, 0.3) is 10.9 Å². The van der Waals surface area contributed by atoms with Crippen LogP contribution in [0.3, 0.4) is 0 Å². The Hall–Kier alpha value is -2.15. The van der Waals surface area contributed by atoms with Crippen molar-refractivity contribution in [2.24, 2.45) is 5.92 Å². The zero-order valence-electron chi connectivity index (χ0n) is 29.5. The molecule has 1 aromatic heterocycles. The molecule has 3 rings (SSSR count). The maximum Gasteiger partial charge on any atom is 0.407 e. The van der Waals surface area contributed by atoms with Crippen LogP contribution < -0.4 is 26.9 Å². The van der Waals surface area contributed by atoms with E-state index in [0.29, 0.717) is 13.0 Å². The van der Waals surface area contributed by atoms with Crippen molar-refractivity contribution in [1.29, 1.82) is 0 Å². The van der Waals surface area contributed by atoms with E-state index >= 15 is 0 Å². The van der Waals surface area contributed by atoms with E-state index < -0.39 is 6.09 Å². The largest absolute Gasteiger partial charge is 1.00 e. The second-order valence-electron chi connectivity index (χ2n) is 13.6. The zero-order chi connectivity index (χ0) is 32.5. The number of nitrogens with zero attached hydrogens (tertiary/aromatic N) is 1. The van der Waals surface area contributed by atoms with Crippen LogP contribution in [0.15, 0.2) is 42.6 Å². The topological polar surface area (TPSA) is 68.5 Å². The van der Waals surface area contributed by atoms with E-state index in [4.69, 9.17) is 9.47 Å². The van der Waals surface area contributed by atoms with Crippen LogP contribution in [-0.2, 0) is 20.8 Å². The monoisotopic (exact) mass is 716 g/mol. The van der Waals surface area contributed by atoms with E-state index in [1.165, 1.54) is 101 Å². The molecule has 1 saturated carbocycles. The van der Waals surface area contributed by atoms with Gasteiger partial charge in [0.25, 0.3) is 0 Å². The van der Waals surface area contributed by atoms with E-state index in [2.05, 4.69) is 59.4 Å². The summed E-state index contributed by atoms with van der Waals surface area (Å²) < 4.78 is 13.7. The lowest BCUT2D eigenvalue weighted by Gasteiger charge is -2.23. The number of carbonyl (C=O) groups excluding carboxylic acids is 2. The fourth-order valence-electron chi connectivity index (χ4n) is 6.86. The second kappa shape index (κ2) is 26.8. The number of aromatic nitrogens is 1. The Kier molecular flexibility index (Phi) is 23.4. The van der Waals surface area contributed by atoms with Gasteiger partial charge in [-0.15, -0.1) is 0 Å². The number of alkyl carbamates (subject to hydrolysis) is 1. The number of hydrogen-bond acceptors (Lipinski definition) is 4. The summed E-state index contributed by atoms with van der Waals surface area (Å²) in [6.07, 6.45) is 29.1. The highest BCUT2D eigenvalue weighted by molar-refractivity contribution is 5.75. The van der Waals surface area contributed by atoms with Gasteiger partial charge in [0.1, 0.15) is 19.3 Å². The minimum absolute atomic E-state index is 0. The molecule has 6 nitrogen and oxygen atoms in total. The van der Waals surface area contributed by atoms with Gasteiger partial charge in [-0.05, 0) is 43.7 Å². The predicted molar refractivity (Wildman–Crippen MR) is 189 cm³/mol. The van der Waals surface area contributed by atoms with E-state index in [-0.39, 0.29) is 41.6 Å². The molecule has 1 amide bonds. The molecular formula is C40H65BrN2O4. The number of para-hydroxylation sites is 1. The molecule has 2 aromatic rings. The molecule has 0 radical (unpaired) electrons. The van der Waals surface area contributed by atoms with Crippen molar-refractivity contribution in [3.05, 3.63) is 42.6 Å². The van der Waals surface area contributed by atoms with Crippen molar-refractivity contribution < 1.29 is 40.6 Å². The third-order valence-electron chi connectivity index (χ3n) is 9.70. The number of nitrogens with one attached hydrogen (secondary N) is 1. The number of fused-ring (bicyclic) bond motifs is 1. The number of rotatable bonds is 26. The fourth-order valence-corrected chi connectivity index (χ4v) is 6.86. The predicted octanol–water partition coefficient (Wildman–Crippen LogP) is 7.39. The number of esters is 1. The Morgan fingerprint density at radius 1 is 0.766 bits per heavy atom. The van der Waals surface area contributed by atoms with Crippen LogP contribution in [-0.4, -0.2) is 31.3 Å². The smallest absolute Gasteiger partial charge is 0.407 e. The zero-order valence-corrected chi connectivity index (χ0v) is 31.1. The molecule has 1 fully saturated rings. The normalized spacial score (nSPS) is 13.7. The third kappa shape index (κ3) is 18.3. The first kappa shape index (κ1) is 41.0. The first-order chi connectivity index (χ1) is 22.7. The van der Waals surface area contributed by atoms with Crippen LogP contribution in [0.5, 0.6) is 0 Å². The van der Waals surface area contributed by atoms with Gasteiger partial charge in [-0.1, -0.05) is 128 Å². The molecule has 0 bridgehead atoms. The van der Waals surface area contributed by atoms with Gasteiger partial charge in [-0.25, -0.2) is 4.79 Å². The molecule has 1 N–H and O–H groups in total. The van der Waals surface area contributed by atoms with Gasteiger partial charge in [-0.2, -0.15) is 4.57 Å². The summed E-state index contributed by atoms with van der Waals surface area (Å²) in [6, 6.07) is 12.6. The summed E-state index contributed by atoms with van der Waals surface area (Å²) >= 11 is 0. The van der Waals surface area contributed by atoms with Gasteiger partial charge in [0, 0.05) is 36.9 Å². The molecule has 47 heavy (non-hydrogen) atoms. The van der Waals surface area contributed by atoms with Gasteiger partial charge < -0.3 is 31.8 Å². The number of pyridine rings is 1. The van der Waals surface area contributed by atoms with Crippen molar-refractivity contribution in [2.75, 3.05) is 13.2 Å². The maximum atomic E-state index is 12.7. The van der Waals surface area contributed by atoms with E-state index in [1.54, 1.807) is 0 Å². The molecule has 7 heteroatoms. The average Bonchev–Trinajstić information content (AvgIpc) is 3.62. The molecule has 1 atom stereocenters. The molecule has 1 heterocycles. The third-order valence-corrected chi connectivity index (χ3v) is 9.70. The number of hydrogen-bond donors (Lipinski definition) is 1. The van der Waals surface area contributed by atoms with Crippen LogP contribution in [0.2, 0.25) is 0 Å². The first-order valence-corrected chi connectivity index (χ1v) is 19.1. The molecule has 0 spiro atoms. The molecule has 0 saturated heterocycles. The van der Waals surface area contributed by atoms with Crippen LogP contribution in [0.1, 0.15) is 155 Å². The highest BCUT2D eigenvalue weighted by Gasteiger charge is 2.29. The summed E-state index contributed by atoms with van der Waals surface area (Å²) in [5.74, 6) is 0.0975. The molecule has 0 aliphatic heterocycles. The number of ether oxygens (including phenoxy) is 2. The van der Waals surface area contributed by atoms with E-state index in [0.717, 1.165) is 57.9 Å². The summed E-state index contributed by atoms with van der Waals surface area (Å²) in [5, 5.41) is 4.12. The van der Waals surface area contributed by atoms with Crippen molar-refractivity contribution in [2.45, 2.75) is 167 Å². The lowest BCUT2D eigenvalue weighted by atomic mass is 10.0. The quantitative estimate of drug-likeness (QED) is 0.0627. The number of amides is 1. The average molecular weight is 718 g/mol. The molecule has 1 aromatic carbocycles. The molecule has 1 aliphatic carbocycles. The van der Waals surface area contributed by atoms with Crippen LogP contribution >= 0.6 is 0 Å². The minimum Gasteiger partial charge on any atom is -1.00 e. The lowest BCUT2D eigenvalue weighted by Crippen LogP contribution is -3.00. The molecule has 1 unspecified atom stereocenters. The van der Waals surface area contributed by atoms with E-state index in [9.17, 15) is 9.59 Å². The SMILES string of the molecule is CCCCCCCCCCCCCCCCCCNC(=O)OCC(OC(=O)CCCC[n+]1cccc2ccccc21)C1CCCC1.[Br-]. The molecule has 1 aliphatic rings. The Morgan fingerprint density at radius 2 is 1.34 bits per heavy atom. The second-order valence-corrected chi connectivity index (χ2v) is 13.6. The molecule has 266 valence electrons. The summed E-state index contributed by atoms with van der Waals surface area (Å²) in [7, 11) is 0. The number of unbranched alkanes of at least 4 members (excludes halogenated alkanes) is 16. The number of aryl methyl sites for hydroxylation is 1. The Balaban J connectivity index is 0.00000768. The highest BCUT2D eigenvalue weighted by Crippen LogP contribution is 2.30. The number of halogens is 1. The Labute approximate surface area is 296 Å². The van der Waals surface area contributed by atoms with Gasteiger partial charge in [0.05, 0.1) is 0 Å². The first-order valence-electron chi connectivity index (χ1n) is 19.1. The summed E-state index contributed by atoms with van der Waals surface area (Å²) in [6.45, 7) is 3.93. The van der Waals surface area contributed by atoms with Gasteiger partial charge in [0.2, 0.25) is 5.52 Å². The Bertz CT molecular complexity index is 1090. The lowest BCUT2D eigenvalue weighted by molar-refractivity contribution is -0.671. The fraction of sp³-hybridized carbons (Fsp3) is 0.725. The van der Waals surface area contributed by atoms with Gasteiger partial charge in [-0.3, -0.25) is 4.79 Å². The number of carbonyl (C=O) groups is 2. The minimum atomic E-state index is -0.396. The van der Waals surface area contributed by atoms with Crippen molar-refractivity contribution in [3.63, 3.8) is 0 Å². The van der Waals surface area contributed by atoms with Crippen LogP contribution in [0.4, 0.5) is 4.79 Å². The summed E-state index contributed by atoms with van der Waals surface area (Å²) in [4.78, 5) is 25.1. The van der Waals surface area contributed by atoms with Gasteiger partial charge >= 0.3 is 12.1 Å². The van der Waals surface area contributed by atoms with Crippen molar-refractivity contribution in [1.82, 2.24) is 5.32 Å². The summed E-state index contributed by atoms with van der Waals surface area (Å²) in [5.41, 5.74) is 1.21. The standard InChI is InChI=1S/C40H64N2O4.BrH/c1-2-3-4-5-6-7-8-9-10-11-12-13-14-15-16-22-31-41-40(44)45-34-38(36-26-17-18-27-36)46-39(43)30-21-23-32-42-33-24-28-35-25-19-20-29-37(35)42;/h19-20,24-25,28-29,33,36,38H,2-18,21-23,26-27,30-32,34H2,1H3;1H. The van der Waals surface area contributed by atoms with Crippen molar-refractivity contribution >= 4 is 23.0 Å². The Morgan fingerprint density at radius 3 is 1.98 bits per heavy atom. The number of benzene rings is 1.